The van der Waals surface area contributed by atoms with Gasteiger partial charge in [-0.1, -0.05) is 29.5 Å². The van der Waals surface area contributed by atoms with Gasteiger partial charge >= 0.3 is 0 Å². The molecule has 3 N–H and O–H groups in total. The molecular weight excluding hydrogens is 352 g/mol. The molecule has 0 fully saturated rings. The minimum atomic E-state index is -0.355. The van der Waals surface area contributed by atoms with Gasteiger partial charge in [-0.25, -0.2) is 4.98 Å². The fourth-order valence-corrected chi connectivity index (χ4v) is 3.28. The third kappa shape index (κ3) is 5.45. The van der Waals surface area contributed by atoms with E-state index >= 15 is 0 Å². The number of hydrogen-bond acceptors (Lipinski definition) is 5. The summed E-state index contributed by atoms with van der Waals surface area (Å²) in [6.07, 6.45) is 0.0158. The lowest BCUT2D eigenvalue weighted by molar-refractivity contribution is -0.120. The molecule has 0 radical (unpaired) electrons. The van der Waals surface area contributed by atoms with Gasteiger partial charge in [-0.3, -0.25) is 14.4 Å². The van der Waals surface area contributed by atoms with Gasteiger partial charge in [0, 0.05) is 18.8 Å². The van der Waals surface area contributed by atoms with Crippen molar-refractivity contribution in [1.82, 2.24) is 15.3 Å². The Hall–Kier alpha value is -2.61. The van der Waals surface area contributed by atoms with E-state index in [1.165, 1.54) is 13.1 Å². The van der Waals surface area contributed by atoms with Gasteiger partial charge < -0.3 is 15.6 Å². The number of benzene rings is 1. The number of carbonyl (C=O) groups excluding carboxylic acids is 2. The van der Waals surface area contributed by atoms with Gasteiger partial charge in [0.05, 0.1) is 17.9 Å². The van der Waals surface area contributed by atoms with Crippen molar-refractivity contribution in [3.63, 3.8) is 0 Å². The topological polar surface area (TPSA) is 104 Å². The maximum absolute atomic E-state index is 12.3. The summed E-state index contributed by atoms with van der Waals surface area (Å²) in [5.41, 5.74) is 3.95. The van der Waals surface area contributed by atoms with Crippen molar-refractivity contribution >= 4 is 29.3 Å². The summed E-state index contributed by atoms with van der Waals surface area (Å²) in [5.74, 6) is -0.328. The van der Waals surface area contributed by atoms with Crippen molar-refractivity contribution in [2.75, 3.05) is 18.1 Å². The first-order valence-corrected chi connectivity index (χ1v) is 9.08. The van der Waals surface area contributed by atoms with Crippen LogP contribution in [0.25, 0.3) is 0 Å². The van der Waals surface area contributed by atoms with Crippen LogP contribution in [0.2, 0.25) is 0 Å². The molecule has 2 aromatic rings. The molecule has 0 aliphatic heterocycles. The highest BCUT2D eigenvalue weighted by Gasteiger charge is 2.11. The number of nitrogens with one attached hydrogen (secondary N) is 3. The fourth-order valence-electron chi connectivity index (χ4n) is 2.58. The Bertz CT molecular complexity index is 869. The van der Waals surface area contributed by atoms with Crippen LogP contribution in [-0.4, -0.2) is 34.6 Å². The maximum Gasteiger partial charge on any atom is 0.251 e. The van der Waals surface area contributed by atoms with Gasteiger partial charge in [-0.2, -0.15) is 0 Å². The van der Waals surface area contributed by atoms with Gasteiger partial charge in [-0.15, -0.1) is 0 Å². The predicted molar refractivity (Wildman–Crippen MR) is 103 cm³/mol. The third-order valence-corrected chi connectivity index (χ3v) is 4.55. The number of thioether (sulfide) groups is 1. The van der Waals surface area contributed by atoms with Gasteiger partial charge in [0.15, 0.2) is 5.16 Å². The Morgan fingerprint density at radius 1 is 1.12 bits per heavy atom. The number of nitrogens with zero attached hydrogens (tertiary/aromatic N) is 1. The maximum atomic E-state index is 12.3. The molecule has 138 valence electrons. The van der Waals surface area contributed by atoms with E-state index in [4.69, 9.17) is 0 Å². The molecular formula is C18H22N4O3S. The predicted octanol–water partition coefficient (Wildman–Crippen LogP) is 1.71. The number of amides is 2. The standard InChI is InChI=1S/C18H22N4O3S/c1-10-5-11(2)17(12(3)6-10)21-16(25)9-26-18-20-13(7-14(23)19-4)8-15(24)22-18/h5-6,8H,7,9H2,1-4H3,(H,19,23)(H,21,25)(H,20,22,24). The molecule has 0 aliphatic carbocycles. The van der Waals surface area contributed by atoms with Gasteiger partial charge in [0.25, 0.3) is 5.56 Å². The molecule has 2 amide bonds. The molecule has 0 spiro atoms. The smallest absolute Gasteiger partial charge is 0.251 e. The van der Waals surface area contributed by atoms with E-state index in [1.54, 1.807) is 0 Å². The molecule has 2 rings (SSSR count). The van der Waals surface area contributed by atoms with Gasteiger partial charge in [0.2, 0.25) is 11.8 Å². The number of aryl methyl sites for hydroxylation is 3. The van der Waals surface area contributed by atoms with Crippen LogP contribution in [-0.2, 0) is 16.0 Å². The van der Waals surface area contributed by atoms with Crippen LogP contribution in [0.5, 0.6) is 0 Å². The van der Waals surface area contributed by atoms with Crippen LogP contribution in [0.3, 0.4) is 0 Å². The number of hydrogen-bond donors (Lipinski definition) is 3. The zero-order valence-corrected chi connectivity index (χ0v) is 16.0. The number of aromatic amines is 1. The van der Waals surface area contributed by atoms with E-state index in [-0.39, 0.29) is 29.5 Å². The summed E-state index contributed by atoms with van der Waals surface area (Å²) in [6.45, 7) is 5.91. The summed E-state index contributed by atoms with van der Waals surface area (Å²) in [5, 5.41) is 5.69. The Morgan fingerprint density at radius 2 is 1.77 bits per heavy atom. The highest BCUT2D eigenvalue weighted by atomic mass is 32.2. The number of anilines is 1. The molecule has 26 heavy (non-hydrogen) atoms. The number of carbonyl (C=O) groups is 2. The van der Waals surface area contributed by atoms with Crippen molar-refractivity contribution in [1.29, 1.82) is 0 Å². The SMILES string of the molecule is CNC(=O)Cc1cc(=O)[nH]c(SCC(=O)Nc2c(C)cc(C)cc2C)n1. The molecule has 1 heterocycles. The normalized spacial score (nSPS) is 10.5. The van der Waals surface area contributed by atoms with Crippen LogP contribution < -0.4 is 16.2 Å². The molecule has 1 aromatic heterocycles. The summed E-state index contributed by atoms with van der Waals surface area (Å²) < 4.78 is 0. The summed E-state index contributed by atoms with van der Waals surface area (Å²) in [7, 11) is 1.52. The Kier molecular flexibility index (Phi) is 6.57. The summed E-state index contributed by atoms with van der Waals surface area (Å²) in [4.78, 5) is 42.2. The number of rotatable bonds is 6. The lowest BCUT2D eigenvalue weighted by atomic mass is 10.1. The van der Waals surface area contributed by atoms with Crippen molar-refractivity contribution in [3.05, 3.63) is 50.9 Å². The fraction of sp³-hybridized carbons (Fsp3) is 0.333. The zero-order chi connectivity index (χ0) is 19.3. The monoisotopic (exact) mass is 374 g/mol. The Labute approximate surface area is 156 Å². The second-order valence-electron chi connectivity index (χ2n) is 6.00. The van der Waals surface area contributed by atoms with Crippen molar-refractivity contribution < 1.29 is 9.59 Å². The number of likely N-dealkylation sites (N-methyl/N-ethyl adjacent to an activating group) is 1. The average Bonchev–Trinajstić information content (AvgIpc) is 2.55. The second-order valence-corrected chi connectivity index (χ2v) is 6.97. The van der Waals surface area contributed by atoms with Crippen molar-refractivity contribution in [3.8, 4) is 0 Å². The van der Waals surface area contributed by atoms with Crippen LogP contribution in [0.4, 0.5) is 5.69 Å². The highest BCUT2D eigenvalue weighted by molar-refractivity contribution is 7.99. The molecule has 0 bridgehead atoms. The summed E-state index contributed by atoms with van der Waals surface area (Å²) >= 11 is 1.12. The van der Waals surface area contributed by atoms with Crippen LogP contribution in [0.15, 0.2) is 28.2 Å². The Morgan fingerprint density at radius 3 is 2.38 bits per heavy atom. The first kappa shape index (κ1) is 19.7. The van der Waals surface area contributed by atoms with Crippen LogP contribution >= 0.6 is 11.8 Å². The van der Waals surface area contributed by atoms with Crippen LogP contribution in [0.1, 0.15) is 22.4 Å². The minimum Gasteiger partial charge on any atom is -0.359 e. The van der Waals surface area contributed by atoms with E-state index in [1.807, 2.05) is 32.9 Å². The van der Waals surface area contributed by atoms with Crippen LogP contribution in [0, 0.1) is 20.8 Å². The molecule has 0 saturated carbocycles. The van der Waals surface area contributed by atoms with E-state index in [9.17, 15) is 14.4 Å². The summed E-state index contributed by atoms with van der Waals surface area (Å²) in [6, 6.07) is 5.30. The molecule has 0 atom stereocenters. The molecule has 0 aliphatic rings. The molecule has 8 heteroatoms. The first-order valence-electron chi connectivity index (χ1n) is 8.10. The number of aromatic nitrogens is 2. The zero-order valence-electron chi connectivity index (χ0n) is 15.2. The molecule has 0 unspecified atom stereocenters. The molecule has 1 aromatic carbocycles. The number of H-pyrrole nitrogens is 1. The lowest BCUT2D eigenvalue weighted by Crippen LogP contribution is -2.22. The minimum absolute atomic E-state index is 0.0158. The third-order valence-electron chi connectivity index (χ3n) is 3.67. The molecule has 7 nitrogen and oxygen atoms in total. The van der Waals surface area contributed by atoms with E-state index in [2.05, 4.69) is 20.6 Å². The lowest BCUT2D eigenvalue weighted by Gasteiger charge is -2.12. The van der Waals surface area contributed by atoms with Gasteiger partial charge in [0.1, 0.15) is 0 Å². The second kappa shape index (κ2) is 8.66. The highest BCUT2D eigenvalue weighted by Crippen LogP contribution is 2.22. The van der Waals surface area contributed by atoms with Crippen molar-refractivity contribution in [2.45, 2.75) is 32.3 Å². The Balaban J connectivity index is 2.03. The van der Waals surface area contributed by atoms with E-state index in [0.29, 0.717) is 10.9 Å². The quantitative estimate of drug-likeness (QED) is 0.527. The largest absolute Gasteiger partial charge is 0.359 e. The van der Waals surface area contributed by atoms with E-state index < -0.39 is 0 Å². The molecule has 0 saturated heterocycles. The first-order chi connectivity index (χ1) is 12.3. The van der Waals surface area contributed by atoms with E-state index in [0.717, 1.165) is 34.1 Å². The van der Waals surface area contributed by atoms with Gasteiger partial charge in [-0.05, 0) is 31.9 Å². The van der Waals surface area contributed by atoms with Crippen molar-refractivity contribution in [2.24, 2.45) is 0 Å². The average molecular weight is 374 g/mol.